The Balaban J connectivity index is 2.03. The number of aldehydes is 1. The standard InChI is InChI=1S/C21H15Cl2F2NO5S/c1-29-18-6-11(2-4-16(18)31-21(24)25)17(7-13-14(22)8-26-9-15(13)23)30-20(28)19-5-3-12(10-27)32-19/h2-6,8-10,17,21H,7H2,1H3/p+1/t17-/m0/s1/i1D3. The van der Waals surface area contributed by atoms with Crippen molar-refractivity contribution in [3.05, 3.63) is 73.7 Å². The number of hydrogen-bond acceptors (Lipinski definition) is 6. The summed E-state index contributed by atoms with van der Waals surface area (Å²) < 4.78 is 62.4. The van der Waals surface area contributed by atoms with Gasteiger partial charge in [0.05, 0.1) is 16.0 Å². The van der Waals surface area contributed by atoms with Crippen LogP contribution in [0.2, 0.25) is 10.0 Å². The smallest absolute Gasteiger partial charge is 0.387 e. The van der Waals surface area contributed by atoms with Crippen LogP contribution in [0.25, 0.3) is 0 Å². The van der Waals surface area contributed by atoms with E-state index in [1.54, 1.807) is 0 Å². The van der Waals surface area contributed by atoms with Crippen molar-refractivity contribution in [3.63, 3.8) is 0 Å². The van der Waals surface area contributed by atoms with Crippen molar-refractivity contribution in [2.24, 2.45) is 0 Å². The number of carbonyl (C=O) groups is 2. The van der Waals surface area contributed by atoms with Crippen LogP contribution in [0.5, 0.6) is 11.5 Å². The van der Waals surface area contributed by atoms with Crippen LogP contribution in [0.3, 0.4) is 0 Å². The molecule has 11 heteroatoms. The number of nitrogens with one attached hydrogen (secondary N) is 1. The summed E-state index contributed by atoms with van der Waals surface area (Å²) in [5, 5.41) is 0.462. The highest BCUT2D eigenvalue weighted by molar-refractivity contribution is 7.15. The van der Waals surface area contributed by atoms with Gasteiger partial charge in [-0.15, -0.1) is 11.3 Å². The number of esters is 1. The third-order valence-corrected chi connectivity index (χ3v) is 5.91. The van der Waals surface area contributed by atoms with Gasteiger partial charge in [-0.3, -0.25) is 4.79 Å². The van der Waals surface area contributed by atoms with Crippen LogP contribution < -0.4 is 14.5 Å². The van der Waals surface area contributed by atoms with Crippen LogP contribution in [0.15, 0.2) is 42.7 Å². The molecule has 2 heterocycles. The lowest BCUT2D eigenvalue weighted by Crippen LogP contribution is -2.15. The van der Waals surface area contributed by atoms with Crippen LogP contribution in [0, 0.1) is 0 Å². The summed E-state index contributed by atoms with van der Waals surface area (Å²) in [5.41, 5.74) is 0.585. The number of methoxy groups -OCH3 is 1. The van der Waals surface area contributed by atoms with Crippen LogP contribution >= 0.6 is 34.5 Å². The quantitative estimate of drug-likeness (QED) is 0.286. The summed E-state index contributed by atoms with van der Waals surface area (Å²) in [7, 11) is -2.98. The van der Waals surface area contributed by atoms with Gasteiger partial charge in [-0.1, -0.05) is 29.3 Å². The molecule has 0 unspecified atom stereocenters. The number of ether oxygens (including phenoxy) is 3. The Hall–Kier alpha value is -2.75. The van der Waals surface area contributed by atoms with Crippen molar-refractivity contribution >= 4 is 46.8 Å². The SMILES string of the molecule is [2H]C([2H])([2H])Oc1cc([C@H](Cc2c(Cl)c[nH+]cc2Cl)OC(=O)c2ccc(C=O)s2)ccc1OC(F)F. The fourth-order valence-corrected chi connectivity index (χ4v) is 4.03. The molecule has 0 saturated heterocycles. The second-order valence-electron chi connectivity index (χ2n) is 6.23. The molecule has 2 aromatic heterocycles. The number of H-pyrrole nitrogens is 1. The molecule has 0 radical (unpaired) electrons. The number of halogens is 4. The van der Waals surface area contributed by atoms with E-state index in [9.17, 15) is 18.4 Å². The molecule has 0 bridgehead atoms. The first kappa shape index (κ1) is 19.9. The third-order valence-electron chi connectivity index (χ3n) is 4.25. The van der Waals surface area contributed by atoms with Gasteiger partial charge in [0.15, 0.2) is 30.2 Å². The second-order valence-corrected chi connectivity index (χ2v) is 8.16. The van der Waals surface area contributed by atoms with Crippen LogP contribution in [0.4, 0.5) is 8.78 Å². The number of aromatic nitrogens is 1. The van der Waals surface area contributed by atoms with Gasteiger partial charge in [-0.25, -0.2) is 9.78 Å². The van der Waals surface area contributed by atoms with E-state index in [-0.39, 0.29) is 26.9 Å². The highest BCUT2D eigenvalue weighted by atomic mass is 35.5. The first-order chi connectivity index (χ1) is 16.5. The maximum Gasteiger partial charge on any atom is 0.387 e. The number of aromatic amines is 1. The Bertz CT molecular complexity index is 1210. The van der Waals surface area contributed by atoms with Gasteiger partial charge in [0.25, 0.3) is 0 Å². The third kappa shape index (κ3) is 5.73. The molecular formula is C21H16Cl2F2NO5S+. The summed E-state index contributed by atoms with van der Waals surface area (Å²) in [6, 6.07) is 6.35. The summed E-state index contributed by atoms with van der Waals surface area (Å²) in [6.45, 7) is -3.24. The first-order valence-corrected chi connectivity index (χ1v) is 10.4. The topological polar surface area (TPSA) is 76.0 Å². The number of rotatable bonds is 9. The van der Waals surface area contributed by atoms with Crippen molar-refractivity contribution in [3.8, 4) is 11.5 Å². The van der Waals surface area contributed by atoms with E-state index in [2.05, 4.69) is 9.72 Å². The van der Waals surface area contributed by atoms with Crippen LogP contribution in [0.1, 0.15) is 40.7 Å². The summed E-state index contributed by atoms with van der Waals surface area (Å²) >= 11 is 13.4. The van der Waals surface area contributed by atoms with E-state index in [1.807, 2.05) is 0 Å². The van der Waals surface area contributed by atoms with Gasteiger partial charge in [0.1, 0.15) is 21.0 Å². The molecule has 6 nitrogen and oxygen atoms in total. The monoisotopic (exact) mass is 505 g/mol. The summed E-state index contributed by atoms with van der Waals surface area (Å²) in [5.74, 6) is -1.82. The van der Waals surface area contributed by atoms with Crippen molar-refractivity contribution in [2.75, 3.05) is 7.04 Å². The van der Waals surface area contributed by atoms with Crippen LogP contribution in [-0.4, -0.2) is 25.9 Å². The zero-order valence-corrected chi connectivity index (χ0v) is 18.3. The molecule has 0 fully saturated rings. The molecule has 3 aromatic rings. The van der Waals surface area contributed by atoms with E-state index in [4.69, 9.17) is 36.8 Å². The molecule has 0 saturated carbocycles. The average molecular weight is 506 g/mol. The molecule has 1 aromatic carbocycles. The molecule has 0 amide bonds. The molecule has 1 atom stereocenters. The molecule has 0 aliphatic carbocycles. The minimum Gasteiger partial charge on any atom is -0.493 e. The van der Waals surface area contributed by atoms with Crippen molar-refractivity contribution in [2.45, 2.75) is 19.1 Å². The number of hydrogen-bond donors (Lipinski definition) is 0. The van der Waals surface area contributed by atoms with E-state index >= 15 is 0 Å². The van der Waals surface area contributed by atoms with Gasteiger partial charge in [-0.2, -0.15) is 8.78 Å². The predicted molar refractivity (Wildman–Crippen MR) is 114 cm³/mol. The second kappa shape index (κ2) is 10.7. The number of carbonyl (C=O) groups excluding carboxylic acids is 2. The zero-order valence-electron chi connectivity index (χ0n) is 18.9. The molecule has 1 N–H and O–H groups in total. The lowest BCUT2D eigenvalue weighted by atomic mass is 10.0. The minimum absolute atomic E-state index is 0.0632. The number of pyridine rings is 1. The Morgan fingerprint density at radius 2 is 1.97 bits per heavy atom. The lowest BCUT2D eigenvalue weighted by Gasteiger charge is -2.20. The molecule has 3 rings (SSSR count). The maximum atomic E-state index is 12.8. The normalized spacial score (nSPS) is 13.6. The zero-order chi connectivity index (χ0) is 25.8. The van der Waals surface area contributed by atoms with Gasteiger partial charge in [0, 0.05) is 12.0 Å². The molecule has 0 spiro atoms. The molecule has 32 heavy (non-hydrogen) atoms. The van der Waals surface area contributed by atoms with Crippen molar-refractivity contribution < 1.29 is 41.7 Å². The summed E-state index contributed by atoms with van der Waals surface area (Å²) in [4.78, 5) is 26.9. The fourth-order valence-electron chi connectivity index (χ4n) is 2.80. The van der Waals surface area contributed by atoms with E-state index < -0.39 is 37.2 Å². The Morgan fingerprint density at radius 3 is 2.59 bits per heavy atom. The predicted octanol–water partition coefficient (Wildman–Crippen LogP) is 5.43. The van der Waals surface area contributed by atoms with Gasteiger partial charge < -0.3 is 14.2 Å². The van der Waals surface area contributed by atoms with Crippen molar-refractivity contribution in [1.29, 1.82) is 0 Å². The van der Waals surface area contributed by atoms with Gasteiger partial charge in [0.2, 0.25) is 0 Å². The molecule has 0 aliphatic heterocycles. The van der Waals surface area contributed by atoms with Gasteiger partial charge in [-0.05, 0) is 29.8 Å². The molecular weight excluding hydrogens is 487 g/mol. The minimum atomic E-state index is -3.24. The van der Waals surface area contributed by atoms with Crippen LogP contribution in [-0.2, 0) is 11.2 Å². The van der Waals surface area contributed by atoms with E-state index in [1.165, 1.54) is 30.6 Å². The molecule has 168 valence electrons. The van der Waals surface area contributed by atoms with Crippen molar-refractivity contribution in [1.82, 2.24) is 0 Å². The Labute approximate surface area is 199 Å². The Morgan fingerprint density at radius 1 is 1.22 bits per heavy atom. The summed E-state index contributed by atoms with van der Waals surface area (Å²) in [6.07, 6.45) is 2.33. The largest absolute Gasteiger partial charge is 0.493 e. The van der Waals surface area contributed by atoms with E-state index in [0.717, 1.165) is 23.5 Å². The first-order valence-electron chi connectivity index (χ1n) is 10.3. The number of benzene rings is 1. The highest BCUT2D eigenvalue weighted by Gasteiger charge is 2.25. The maximum absolute atomic E-state index is 12.8. The fraction of sp³-hybridized carbons (Fsp3) is 0.190. The van der Waals surface area contributed by atoms with E-state index in [0.29, 0.717) is 16.7 Å². The number of alkyl halides is 2. The Kier molecular flexibility index (Phi) is 6.66. The number of thiophene rings is 1. The average Bonchev–Trinajstić information content (AvgIpc) is 3.25. The molecule has 0 aliphatic rings. The van der Waals surface area contributed by atoms with Gasteiger partial charge >= 0.3 is 12.6 Å². The lowest BCUT2D eigenvalue weighted by molar-refractivity contribution is -0.377. The highest BCUT2D eigenvalue weighted by Crippen LogP contribution is 2.36.